The number of rotatable bonds is 10. The maximum absolute atomic E-state index is 7.39. The molecule has 0 radical (unpaired) electrons. The number of benzene rings is 11. The summed E-state index contributed by atoms with van der Waals surface area (Å²) in [6.45, 7) is 13.7. The molecule has 0 spiro atoms. The van der Waals surface area contributed by atoms with Gasteiger partial charge in [0.1, 0.15) is 11.2 Å². The lowest BCUT2D eigenvalue weighted by molar-refractivity contribution is 0.590. The third kappa shape index (κ3) is 8.29. The predicted molar refractivity (Wildman–Crippen MR) is 329 cm³/mol. The molecule has 0 saturated heterocycles. The minimum Gasteiger partial charge on any atom is -0.455 e. The number of fused-ring (bicyclic) bond motifs is 7. The van der Waals surface area contributed by atoms with Crippen LogP contribution in [-0.4, -0.2) is 0 Å². The second-order valence-electron chi connectivity index (χ2n) is 22.9. The standard InChI is InChI=1S/C75H62N2O/c1-73(2,3)55-35-43-60(44-36-55)76(59-39-31-53(32-40-59)51-21-11-7-12-22-51)63-47-48-64-66(49-63)75(57-25-15-9-16-26-57,58-27-17-10-18-28-58)67-50-68(71-65-29-19-20-30-69(65)78-72(71)70(64)67)77(62-45-37-56(38-46-62)74(4,5)6)61-41-33-54(34-42-61)52-23-13-8-14-24-52/h7-50H,1-6H3. The highest BCUT2D eigenvalue weighted by Gasteiger charge is 2.49. The summed E-state index contributed by atoms with van der Waals surface area (Å²) in [5, 5.41) is 2.14. The van der Waals surface area contributed by atoms with E-state index in [0.29, 0.717) is 0 Å². The van der Waals surface area contributed by atoms with Crippen molar-refractivity contribution in [3.05, 3.63) is 300 Å². The first-order chi connectivity index (χ1) is 37.9. The van der Waals surface area contributed by atoms with Gasteiger partial charge in [-0.2, -0.15) is 0 Å². The van der Waals surface area contributed by atoms with Gasteiger partial charge in [0.2, 0.25) is 0 Å². The van der Waals surface area contributed by atoms with Crippen molar-refractivity contribution in [3.63, 3.8) is 0 Å². The van der Waals surface area contributed by atoms with E-state index in [1.807, 2.05) is 0 Å². The Labute approximate surface area is 459 Å². The third-order valence-electron chi connectivity index (χ3n) is 16.1. The Hall–Kier alpha value is -9.18. The van der Waals surface area contributed by atoms with Gasteiger partial charge >= 0.3 is 0 Å². The van der Waals surface area contributed by atoms with E-state index >= 15 is 0 Å². The fourth-order valence-electron chi connectivity index (χ4n) is 12.1. The molecule has 0 bridgehead atoms. The van der Waals surface area contributed by atoms with Gasteiger partial charge in [-0.1, -0.05) is 236 Å². The zero-order chi connectivity index (χ0) is 53.2. The third-order valence-corrected chi connectivity index (χ3v) is 16.1. The molecule has 0 amide bonds. The second kappa shape index (κ2) is 19.1. The highest BCUT2D eigenvalue weighted by Crippen LogP contribution is 2.62. The van der Waals surface area contributed by atoms with E-state index in [0.717, 1.165) is 67.2 Å². The number of anilines is 6. The van der Waals surface area contributed by atoms with Crippen molar-refractivity contribution < 1.29 is 4.42 Å². The molecular weight excluding hydrogens is 945 g/mol. The van der Waals surface area contributed by atoms with E-state index in [9.17, 15) is 0 Å². The maximum Gasteiger partial charge on any atom is 0.145 e. The SMILES string of the molecule is CC(C)(C)c1ccc(N(c2ccc(-c3ccccc3)cc2)c2ccc3c(c2)C(c2ccccc2)(c2ccccc2)c2cc(N(c4ccc(-c5ccccc5)cc4)c4ccc(C(C)(C)C)cc4)c4c(oc5ccccc54)c2-3)cc1. The van der Waals surface area contributed by atoms with Crippen LogP contribution in [0.2, 0.25) is 0 Å². The Morgan fingerprint density at radius 3 is 1.22 bits per heavy atom. The normalized spacial score (nSPS) is 12.8. The molecule has 0 N–H and O–H groups in total. The molecule has 0 unspecified atom stereocenters. The average molecular weight is 1010 g/mol. The Kier molecular flexibility index (Phi) is 11.9. The summed E-state index contributed by atoms with van der Waals surface area (Å²) >= 11 is 0. The summed E-state index contributed by atoms with van der Waals surface area (Å²) in [4.78, 5) is 4.89. The summed E-state index contributed by atoms with van der Waals surface area (Å²) in [5.74, 6) is 0. The second-order valence-corrected chi connectivity index (χ2v) is 22.9. The summed E-state index contributed by atoms with van der Waals surface area (Å²) in [6, 6.07) is 98.3. The van der Waals surface area contributed by atoms with Crippen molar-refractivity contribution >= 4 is 56.1 Å². The van der Waals surface area contributed by atoms with Gasteiger partial charge in [-0.25, -0.2) is 0 Å². The van der Waals surface area contributed by atoms with Crippen LogP contribution in [-0.2, 0) is 16.2 Å². The molecule has 0 saturated carbocycles. The zero-order valence-electron chi connectivity index (χ0n) is 45.2. The van der Waals surface area contributed by atoms with Crippen LogP contribution in [0, 0.1) is 0 Å². The molecule has 378 valence electrons. The summed E-state index contributed by atoms with van der Waals surface area (Å²) in [5.41, 5.74) is 21.6. The Morgan fingerprint density at radius 2 is 0.744 bits per heavy atom. The topological polar surface area (TPSA) is 19.6 Å². The van der Waals surface area contributed by atoms with Gasteiger partial charge < -0.3 is 14.2 Å². The smallest absolute Gasteiger partial charge is 0.145 e. The molecule has 3 heteroatoms. The van der Waals surface area contributed by atoms with Crippen molar-refractivity contribution in [2.24, 2.45) is 0 Å². The fourth-order valence-corrected chi connectivity index (χ4v) is 12.1. The summed E-state index contributed by atoms with van der Waals surface area (Å²) < 4.78 is 7.39. The quantitative estimate of drug-likeness (QED) is 0.136. The number of furan rings is 1. The first-order valence-corrected chi connectivity index (χ1v) is 27.3. The van der Waals surface area contributed by atoms with Gasteiger partial charge in [0.25, 0.3) is 0 Å². The predicted octanol–water partition coefficient (Wildman–Crippen LogP) is 20.8. The average Bonchev–Trinajstić information content (AvgIpc) is 4.16. The molecule has 3 nitrogen and oxygen atoms in total. The number of hydrogen-bond acceptors (Lipinski definition) is 3. The molecule has 11 aromatic carbocycles. The minimum absolute atomic E-state index is 0.00290. The largest absolute Gasteiger partial charge is 0.455 e. The summed E-state index contributed by atoms with van der Waals surface area (Å²) in [6.07, 6.45) is 0. The monoisotopic (exact) mass is 1010 g/mol. The van der Waals surface area contributed by atoms with Crippen molar-refractivity contribution in [2.75, 3.05) is 9.80 Å². The van der Waals surface area contributed by atoms with Gasteiger partial charge in [-0.15, -0.1) is 0 Å². The molecule has 1 aromatic heterocycles. The fraction of sp³-hybridized carbons (Fsp3) is 0.120. The Morgan fingerprint density at radius 1 is 0.346 bits per heavy atom. The first-order valence-electron chi connectivity index (χ1n) is 27.3. The Bertz CT molecular complexity index is 4050. The van der Waals surface area contributed by atoms with Crippen LogP contribution in [0.5, 0.6) is 0 Å². The molecular formula is C75H62N2O. The minimum atomic E-state index is -0.789. The van der Waals surface area contributed by atoms with E-state index < -0.39 is 5.41 Å². The molecule has 12 aromatic rings. The lowest BCUT2D eigenvalue weighted by atomic mass is 9.67. The maximum atomic E-state index is 7.39. The van der Waals surface area contributed by atoms with Gasteiger partial charge in [-0.3, -0.25) is 0 Å². The molecule has 13 rings (SSSR count). The lowest BCUT2D eigenvalue weighted by Crippen LogP contribution is -2.29. The highest BCUT2D eigenvalue weighted by atomic mass is 16.3. The van der Waals surface area contributed by atoms with Crippen LogP contribution < -0.4 is 9.80 Å². The first kappa shape index (κ1) is 48.5. The van der Waals surface area contributed by atoms with E-state index in [1.165, 1.54) is 55.6 Å². The highest BCUT2D eigenvalue weighted by molar-refractivity contribution is 6.19. The van der Waals surface area contributed by atoms with Crippen molar-refractivity contribution in [2.45, 2.75) is 57.8 Å². The molecule has 0 aliphatic heterocycles. The number of nitrogens with zero attached hydrogens (tertiary/aromatic N) is 2. The van der Waals surface area contributed by atoms with Crippen LogP contribution in [0.3, 0.4) is 0 Å². The number of para-hydroxylation sites is 1. The van der Waals surface area contributed by atoms with Crippen LogP contribution in [0.1, 0.15) is 74.9 Å². The van der Waals surface area contributed by atoms with Crippen LogP contribution >= 0.6 is 0 Å². The van der Waals surface area contributed by atoms with Gasteiger partial charge in [-0.05, 0) is 145 Å². The van der Waals surface area contributed by atoms with Crippen LogP contribution in [0.25, 0.3) is 55.3 Å². The van der Waals surface area contributed by atoms with Crippen LogP contribution in [0.4, 0.5) is 34.1 Å². The zero-order valence-corrected chi connectivity index (χ0v) is 45.2. The van der Waals surface area contributed by atoms with Crippen LogP contribution in [0.15, 0.2) is 271 Å². The van der Waals surface area contributed by atoms with Crippen molar-refractivity contribution in [3.8, 4) is 33.4 Å². The molecule has 1 aliphatic carbocycles. The molecule has 78 heavy (non-hydrogen) atoms. The molecule has 1 heterocycles. The lowest BCUT2D eigenvalue weighted by Gasteiger charge is -2.36. The molecule has 0 fully saturated rings. The van der Waals surface area contributed by atoms with Crippen molar-refractivity contribution in [1.29, 1.82) is 0 Å². The van der Waals surface area contributed by atoms with Gasteiger partial charge in [0.05, 0.1) is 16.5 Å². The summed E-state index contributed by atoms with van der Waals surface area (Å²) in [7, 11) is 0. The Balaban J connectivity index is 1.10. The number of hydrogen-bond donors (Lipinski definition) is 0. The van der Waals surface area contributed by atoms with Crippen molar-refractivity contribution in [1.82, 2.24) is 0 Å². The molecule has 0 atom stereocenters. The van der Waals surface area contributed by atoms with E-state index in [-0.39, 0.29) is 10.8 Å². The van der Waals surface area contributed by atoms with Gasteiger partial charge in [0, 0.05) is 39.4 Å². The van der Waals surface area contributed by atoms with E-state index in [2.05, 4.69) is 318 Å². The molecule has 1 aliphatic rings. The van der Waals surface area contributed by atoms with E-state index in [1.54, 1.807) is 0 Å². The van der Waals surface area contributed by atoms with Gasteiger partial charge in [0.15, 0.2) is 0 Å². The van der Waals surface area contributed by atoms with E-state index in [4.69, 9.17) is 4.42 Å².